The highest BCUT2D eigenvalue weighted by molar-refractivity contribution is 5.66. The third-order valence-corrected chi connectivity index (χ3v) is 2.55. The van der Waals surface area contributed by atoms with Crippen LogP contribution in [0.2, 0.25) is 0 Å². The van der Waals surface area contributed by atoms with Gasteiger partial charge in [-0.3, -0.25) is 0 Å². The number of halogens is 1. The maximum Gasteiger partial charge on any atom is 0.123 e. The summed E-state index contributed by atoms with van der Waals surface area (Å²) < 4.78 is 12.7. The number of aliphatic hydroxyl groups is 1. The predicted octanol–water partition coefficient (Wildman–Crippen LogP) is 2.75. The van der Waals surface area contributed by atoms with E-state index < -0.39 is 0 Å². The monoisotopic (exact) mass is 192 g/mol. The zero-order chi connectivity index (χ0) is 9.97. The second kappa shape index (κ2) is 3.93. The molecule has 0 spiro atoms. The van der Waals surface area contributed by atoms with E-state index in [1.54, 1.807) is 12.1 Å². The molecule has 1 aliphatic rings. The number of hydrogen-bond acceptors (Lipinski definition) is 1. The first-order valence-electron chi connectivity index (χ1n) is 4.90. The van der Waals surface area contributed by atoms with Gasteiger partial charge in [0, 0.05) is 0 Å². The fourth-order valence-corrected chi connectivity index (χ4v) is 1.81. The molecule has 1 aliphatic carbocycles. The molecule has 0 fully saturated rings. The summed E-state index contributed by atoms with van der Waals surface area (Å²) in [5, 5.41) is 9.45. The van der Waals surface area contributed by atoms with Gasteiger partial charge in [0.25, 0.3) is 0 Å². The number of allylic oxidation sites excluding steroid dienone is 1. The summed E-state index contributed by atoms with van der Waals surface area (Å²) in [6.45, 7) is 0. The average molecular weight is 192 g/mol. The SMILES string of the molecule is OC1C=C(c2ccc(F)cc2)CCC1. The lowest BCUT2D eigenvalue weighted by atomic mass is 9.92. The van der Waals surface area contributed by atoms with Gasteiger partial charge in [-0.05, 0) is 42.5 Å². The normalized spacial score (nSPS) is 21.9. The van der Waals surface area contributed by atoms with Gasteiger partial charge >= 0.3 is 0 Å². The topological polar surface area (TPSA) is 20.2 Å². The summed E-state index contributed by atoms with van der Waals surface area (Å²) in [6.07, 6.45) is 4.36. The molecule has 1 aromatic carbocycles. The highest BCUT2D eigenvalue weighted by Crippen LogP contribution is 2.26. The Labute approximate surface area is 82.9 Å². The van der Waals surface area contributed by atoms with Crippen molar-refractivity contribution in [1.29, 1.82) is 0 Å². The van der Waals surface area contributed by atoms with Crippen molar-refractivity contribution in [3.63, 3.8) is 0 Å². The summed E-state index contributed by atoms with van der Waals surface area (Å²) in [6, 6.07) is 6.44. The summed E-state index contributed by atoms with van der Waals surface area (Å²) >= 11 is 0. The van der Waals surface area contributed by atoms with Gasteiger partial charge in [-0.25, -0.2) is 4.39 Å². The maximum absolute atomic E-state index is 12.7. The second-order valence-electron chi connectivity index (χ2n) is 3.66. The van der Waals surface area contributed by atoms with Gasteiger partial charge in [0.15, 0.2) is 0 Å². The smallest absolute Gasteiger partial charge is 0.123 e. The number of aliphatic hydroxyl groups excluding tert-OH is 1. The maximum atomic E-state index is 12.7. The molecule has 1 unspecified atom stereocenters. The summed E-state index contributed by atoms with van der Waals surface area (Å²) in [7, 11) is 0. The van der Waals surface area contributed by atoms with Crippen LogP contribution in [0.5, 0.6) is 0 Å². The molecular weight excluding hydrogens is 179 g/mol. The molecule has 1 nitrogen and oxygen atoms in total. The molecule has 14 heavy (non-hydrogen) atoms. The van der Waals surface area contributed by atoms with Crippen LogP contribution < -0.4 is 0 Å². The van der Waals surface area contributed by atoms with E-state index in [1.807, 2.05) is 6.08 Å². The summed E-state index contributed by atoms with van der Waals surface area (Å²) in [4.78, 5) is 0. The third kappa shape index (κ3) is 2.02. The Hall–Kier alpha value is -1.15. The Bertz CT molecular complexity index is 340. The highest BCUT2D eigenvalue weighted by Gasteiger charge is 2.11. The number of benzene rings is 1. The molecule has 2 rings (SSSR count). The van der Waals surface area contributed by atoms with E-state index in [9.17, 15) is 9.50 Å². The van der Waals surface area contributed by atoms with Crippen LogP contribution in [0.15, 0.2) is 30.3 Å². The Morgan fingerprint density at radius 3 is 2.57 bits per heavy atom. The third-order valence-electron chi connectivity index (χ3n) is 2.55. The minimum atomic E-state index is -0.330. The van der Waals surface area contributed by atoms with E-state index in [1.165, 1.54) is 12.1 Å². The van der Waals surface area contributed by atoms with Crippen LogP contribution in [0.3, 0.4) is 0 Å². The first kappa shape index (κ1) is 9.41. The summed E-state index contributed by atoms with van der Waals surface area (Å²) in [5.74, 6) is -0.217. The lowest BCUT2D eigenvalue weighted by Gasteiger charge is -2.17. The average Bonchev–Trinajstić information content (AvgIpc) is 2.19. The fourth-order valence-electron chi connectivity index (χ4n) is 1.81. The van der Waals surface area contributed by atoms with Crippen molar-refractivity contribution >= 4 is 5.57 Å². The van der Waals surface area contributed by atoms with Gasteiger partial charge in [-0.2, -0.15) is 0 Å². The Balaban J connectivity index is 2.26. The summed E-state index contributed by atoms with van der Waals surface area (Å²) in [5.41, 5.74) is 2.15. The minimum Gasteiger partial charge on any atom is -0.389 e. The van der Waals surface area contributed by atoms with Crippen molar-refractivity contribution in [1.82, 2.24) is 0 Å². The lowest BCUT2D eigenvalue weighted by Crippen LogP contribution is -2.08. The van der Waals surface area contributed by atoms with Crippen molar-refractivity contribution in [2.24, 2.45) is 0 Å². The van der Waals surface area contributed by atoms with Gasteiger partial charge in [-0.15, -0.1) is 0 Å². The molecule has 0 bridgehead atoms. The molecule has 0 saturated heterocycles. The van der Waals surface area contributed by atoms with Crippen molar-refractivity contribution in [3.05, 3.63) is 41.7 Å². The van der Waals surface area contributed by atoms with Crippen LogP contribution in [0.25, 0.3) is 5.57 Å². The van der Waals surface area contributed by atoms with Crippen LogP contribution >= 0.6 is 0 Å². The lowest BCUT2D eigenvalue weighted by molar-refractivity contribution is 0.206. The zero-order valence-electron chi connectivity index (χ0n) is 7.91. The molecule has 0 aromatic heterocycles. The van der Waals surface area contributed by atoms with Gasteiger partial charge in [0.2, 0.25) is 0 Å². The van der Waals surface area contributed by atoms with E-state index in [0.29, 0.717) is 0 Å². The Morgan fingerprint density at radius 2 is 1.93 bits per heavy atom. The number of hydrogen-bond donors (Lipinski definition) is 1. The standard InChI is InChI=1S/C12H13FO/c13-11-6-4-9(5-7-11)10-2-1-3-12(14)8-10/h4-8,12,14H,1-3H2. The molecule has 1 atom stereocenters. The largest absolute Gasteiger partial charge is 0.389 e. The predicted molar refractivity (Wildman–Crippen MR) is 54.2 cm³/mol. The molecule has 0 aliphatic heterocycles. The van der Waals surface area contributed by atoms with Gasteiger partial charge < -0.3 is 5.11 Å². The van der Waals surface area contributed by atoms with Crippen LogP contribution in [0, 0.1) is 5.82 Å². The van der Waals surface area contributed by atoms with Crippen LogP contribution in [0.1, 0.15) is 24.8 Å². The molecule has 0 heterocycles. The molecule has 1 N–H and O–H groups in total. The molecule has 74 valence electrons. The molecule has 2 heteroatoms. The minimum absolute atomic E-state index is 0.217. The van der Waals surface area contributed by atoms with E-state index >= 15 is 0 Å². The first-order valence-corrected chi connectivity index (χ1v) is 4.90. The molecule has 0 radical (unpaired) electrons. The van der Waals surface area contributed by atoms with E-state index in [4.69, 9.17) is 0 Å². The quantitative estimate of drug-likeness (QED) is 0.725. The van der Waals surface area contributed by atoms with Gasteiger partial charge in [0.1, 0.15) is 5.82 Å². The molecular formula is C12H13FO. The fraction of sp³-hybridized carbons (Fsp3) is 0.333. The van der Waals surface area contributed by atoms with E-state index in [2.05, 4.69) is 0 Å². The zero-order valence-corrected chi connectivity index (χ0v) is 7.91. The first-order chi connectivity index (χ1) is 6.75. The van der Waals surface area contributed by atoms with Crippen molar-refractivity contribution in [2.75, 3.05) is 0 Å². The van der Waals surface area contributed by atoms with E-state index in [0.717, 1.165) is 30.4 Å². The highest BCUT2D eigenvalue weighted by atomic mass is 19.1. The van der Waals surface area contributed by atoms with Gasteiger partial charge in [0.05, 0.1) is 6.10 Å². The molecule has 1 aromatic rings. The number of rotatable bonds is 1. The van der Waals surface area contributed by atoms with Gasteiger partial charge in [-0.1, -0.05) is 18.2 Å². The second-order valence-corrected chi connectivity index (χ2v) is 3.66. The Morgan fingerprint density at radius 1 is 1.21 bits per heavy atom. The van der Waals surface area contributed by atoms with Crippen LogP contribution in [-0.4, -0.2) is 11.2 Å². The van der Waals surface area contributed by atoms with Crippen molar-refractivity contribution in [3.8, 4) is 0 Å². The van der Waals surface area contributed by atoms with Crippen LogP contribution in [0.4, 0.5) is 4.39 Å². The molecule has 0 amide bonds. The van der Waals surface area contributed by atoms with Crippen molar-refractivity contribution < 1.29 is 9.50 Å². The Kier molecular flexibility index (Phi) is 2.64. The molecule has 0 saturated carbocycles. The van der Waals surface area contributed by atoms with E-state index in [-0.39, 0.29) is 11.9 Å². The van der Waals surface area contributed by atoms with Crippen molar-refractivity contribution in [2.45, 2.75) is 25.4 Å². The van der Waals surface area contributed by atoms with Crippen LogP contribution in [-0.2, 0) is 0 Å².